The van der Waals surface area contributed by atoms with Gasteiger partial charge in [-0.3, -0.25) is 4.57 Å². The van der Waals surface area contributed by atoms with Crippen LogP contribution in [-0.4, -0.2) is 24.9 Å². The molecule has 0 radical (unpaired) electrons. The lowest BCUT2D eigenvalue weighted by atomic mass is 10.2. The van der Waals surface area contributed by atoms with Crippen molar-refractivity contribution in [1.29, 1.82) is 0 Å². The molecule has 0 spiro atoms. The number of nitrogens with zero attached hydrogens (tertiary/aromatic N) is 5. The van der Waals surface area contributed by atoms with E-state index in [1.54, 1.807) is 36.6 Å². The minimum atomic E-state index is -0.348. The number of halogens is 1. The van der Waals surface area contributed by atoms with Crippen LogP contribution in [0.3, 0.4) is 0 Å². The second-order valence-electron chi connectivity index (χ2n) is 7.05. The van der Waals surface area contributed by atoms with Crippen molar-refractivity contribution in [2.75, 3.05) is 0 Å². The Hall–Kier alpha value is -3.72. The van der Waals surface area contributed by atoms with Gasteiger partial charge in [0.1, 0.15) is 5.82 Å². The lowest BCUT2D eigenvalue weighted by Gasteiger charge is -2.12. The highest BCUT2D eigenvalue weighted by Crippen LogP contribution is 2.36. The maximum absolute atomic E-state index is 14.5. The number of hydrogen-bond acceptors (Lipinski definition) is 7. The first kappa shape index (κ1) is 20.2. The molecule has 32 heavy (non-hydrogen) atoms. The highest BCUT2D eigenvalue weighted by atomic mass is 32.2. The summed E-state index contributed by atoms with van der Waals surface area (Å²) in [5.74, 6) is 1.46. The van der Waals surface area contributed by atoms with E-state index in [0.717, 1.165) is 5.56 Å². The van der Waals surface area contributed by atoms with E-state index >= 15 is 0 Å². The van der Waals surface area contributed by atoms with Crippen LogP contribution in [0.4, 0.5) is 4.39 Å². The van der Waals surface area contributed by atoms with Gasteiger partial charge in [0.05, 0.1) is 23.6 Å². The van der Waals surface area contributed by atoms with Crippen molar-refractivity contribution in [3.63, 3.8) is 0 Å². The molecule has 0 aliphatic heterocycles. The summed E-state index contributed by atoms with van der Waals surface area (Å²) in [7, 11) is 0. The number of thioether (sulfide) groups is 1. The smallest absolute Gasteiger partial charge is 0.240 e. The van der Waals surface area contributed by atoms with E-state index in [1.807, 2.05) is 41.8 Å². The van der Waals surface area contributed by atoms with Crippen molar-refractivity contribution < 1.29 is 13.3 Å². The van der Waals surface area contributed by atoms with Crippen LogP contribution in [0.1, 0.15) is 23.6 Å². The van der Waals surface area contributed by atoms with Crippen molar-refractivity contribution in [1.82, 2.24) is 24.9 Å². The molecule has 0 aliphatic carbocycles. The number of rotatable bonds is 7. The Balaban J connectivity index is 1.47. The Labute approximate surface area is 187 Å². The zero-order valence-corrected chi connectivity index (χ0v) is 17.9. The predicted molar refractivity (Wildman–Crippen MR) is 117 cm³/mol. The van der Waals surface area contributed by atoms with Crippen molar-refractivity contribution in [2.24, 2.45) is 0 Å². The molecule has 2 aromatic carbocycles. The molecule has 1 unspecified atom stereocenters. The molecule has 0 fully saturated rings. The standard InChI is InChI=1S/C23H18FN5O2S/c1-15(22-25-20(28-31-22)19-12-7-13-30-19)32-23-27-26-21(17-10-5-6-11-18(17)24)29(23)14-16-8-3-2-4-9-16/h2-13,15H,14H2,1H3. The maximum atomic E-state index is 14.5. The van der Waals surface area contributed by atoms with Gasteiger partial charge in [-0.1, -0.05) is 59.4 Å². The molecule has 3 aromatic heterocycles. The van der Waals surface area contributed by atoms with Crippen LogP contribution in [0.25, 0.3) is 23.0 Å². The monoisotopic (exact) mass is 447 g/mol. The first-order chi connectivity index (χ1) is 15.7. The van der Waals surface area contributed by atoms with E-state index < -0.39 is 0 Å². The fourth-order valence-electron chi connectivity index (χ4n) is 3.24. The van der Waals surface area contributed by atoms with Crippen molar-refractivity contribution >= 4 is 11.8 Å². The number of hydrogen-bond donors (Lipinski definition) is 0. The molecule has 9 heteroatoms. The second-order valence-corrected chi connectivity index (χ2v) is 8.36. The SMILES string of the molecule is CC(Sc1nnc(-c2ccccc2F)n1Cc1ccccc1)c1nc(-c2ccco2)no1. The summed E-state index contributed by atoms with van der Waals surface area (Å²) in [6.45, 7) is 2.43. The zero-order valence-electron chi connectivity index (χ0n) is 17.1. The van der Waals surface area contributed by atoms with E-state index in [0.29, 0.717) is 40.6 Å². The van der Waals surface area contributed by atoms with Crippen LogP contribution in [0, 0.1) is 5.82 Å². The Morgan fingerprint density at radius 2 is 1.81 bits per heavy atom. The van der Waals surface area contributed by atoms with Crippen molar-refractivity contribution in [2.45, 2.75) is 23.9 Å². The lowest BCUT2D eigenvalue weighted by molar-refractivity contribution is 0.379. The van der Waals surface area contributed by atoms with Gasteiger partial charge in [-0.25, -0.2) is 4.39 Å². The van der Waals surface area contributed by atoms with Crippen LogP contribution in [0.2, 0.25) is 0 Å². The Morgan fingerprint density at radius 1 is 1.00 bits per heavy atom. The van der Waals surface area contributed by atoms with Crippen LogP contribution >= 0.6 is 11.8 Å². The molecular formula is C23H18FN5O2S. The van der Waals surface area contributed by atoms with E-state index in [1.165, 1.54) is 17.8 Å². The van der Waals surface area contributed by atoms with Gasteiger partial charge in [0.25, 0.3) is 0 Å². The fraction of sp³-hybridized carbons (Fsp3) is 0.130. The van der Waals surface area contributed by atoms with Crippen LogP contribution in [0.5, 0.6) is 0 Å². The minimum absolute atomic E-state index is 0.210. The molecule has 0 amide bonds. The van der Waals surface area contributed by atoms with Gasteiger partial charge in [0.2, 0.25) is 11.7 Å². The molecule has 5 aromatic rings. The van der Waals surface area contributed by atoms with E-state index in [9.17, 15) is 4.39 Å². The van der Waals surface area contributed by atoms with Gasteiger partial charge < -0.3 is 8.94 Å². The molecule has 0 saturated heterocycles. The third kappa shape index (κ3) is 4.06. The van der Waals surface area contributed by atoms with Gasteiger partial charge in [-0.05, 0) is 36.8 Å². The first-order valence-corrected chi connectivity index (χ1v) is 10.8. The Kier molecular flexibility index (Phi) is 5.55. The molecule has 0 N–H and O–H groups in total. The summed E-state index contributed by atoms with van der Waals surface area (Å²) < 4.78 is 27.2. The quantitative estimate of drug-likeness (QED) is 0.299. The normalized spacial score (nSPS) is 12.2. The Morgan fingerprint density at radius 3 is 2.59 bits per heavy atom. The van der Waals surface area contributed by atoms with Crippen LogP contribution < -0.4 is 0 Å². The lowest BCUT2D eigenvalue weighted by Crippen LogP contribution is -2.05. The zero-order chi connectivity index (χ0) is 21.9. The van der Waals surface area contributed by atoms with Crippen molar-refractivity contribution in [3.8, 4) is 23.0 Å². The summed E-state index contributed by atoms with van der Waals surface area (Å²) in [6, 6.07) is 20.0. The summed E-state index contributed by atoms with van der Waals surface area (Å²) in [5.41, 5.74) is 1.45. The average molecular weight is 447 g/mol. The summed E-state index contributed by atoms with van der Waals surface area (Å²) >= 11 is 1.41. The van der Waals surface area contributed by atoms with E-state index in [-0.39, 0.29) is 11.1 Å². The fourth-order valence-corrected chi connectivity index (χ4v) is 4.12. The number of furan rings is 1. The average Bonchev–Trinajstić information content (AvgIpc) is 3.57. The molecule has 0 bridgehead atoms. The third-order valence-corrected chi connectivity index (χ3v) is 5.90. The van der Waals surface area contributed by atoms with Gasteiger partial charge >= 0.3 is 0 Å². The van der Waals surface area contributed by atoms with Gasteiger partial charge in [-0.2, -0.15) is 4.98 Å². The summed E-state index contributed by atoms with van der Waals surface area (Å²) in [5, 5.41) is 13.1. The molecular weight excluding hydrogens is 429 g/mol. The third-order valence-electron chi connectivity index (χ3n) is 4.83. The Bertz CT molecular complexity index is 1320. The molecule has 7 nitrogen and oxygen atoms in total. The number of aromatic nitrogens is 5. The van der Waals surface area contributed by atoms with E-state index in [2.05, 4.69) is 20.3 Å². The second kappa shape index (κ2) is 8.80. The molecule has 0 saturated carbocycles. The topological polar surface area (TPSA) is 82.8 Å². The first-order valence-electron chi connectivity index (χ1n) is 9.95. The van der Waals surface area contributed by atoms with Crippen LogP contribution in [-0.2, 0) is 6.54 Å². The molecule has 0 aliphatic rings. The summed E-state index contributed by atoms with van der Waals surface area (Å²) in [4.78, 5) is 4.43. The highest BCUT2D eigenvalue weighted by Gasteiger charge is 2.23. The summed E-state index contributed by atoms with van der Waals surface area (Å²) in [6.07, 6.45) is 1.56. The highest BCUT2D eigenvalue weighted by molar-refractivity contribution is 7.99. The van der Waals surface area contributed by atoms with Crippen LogP contribution in [0.15, 0.2) is 87.1 Å². The van der Waals surface area contributed by atoms with Gasteiger partial charge in [0, 0.05) is 0 Å². The predicted octanol–water partition coefficient (Wildman–Crippen LogP) is 5.63. The molecule has 160 valence electrons. The maximum Gasteiger partial charge on any atom is 0.240 e. The van der Waals surface area contributed by atoms with Crippen molar-refractivity contribution in [3.05, 3.63) is 90.3 Å². The van der Waals surface area contributed by atoms with Gasteiger partial charge in [-0.15, -0.1) is 10.2 Å². The minimum Gasteiger partial charge on any atom is -0.461 e. The van der Waals surface area contributed by atoms with Gasteiger partial charge in [0.15, 0.2) is 16.7 Å². The molecule has 1 atom stereocenters. The van der Waals surface area contributed by atoms with E-state index in [4.69, 9.17) is 8.94 Å². The molecule has 5 rings (SSSR count). The number of benzene rings is 2. The largest absolute Gasteiger partial charge is 0.461 e. The molecule has 3 heterocycles.